The highest BCUT2D eigenvalue weighted by molar-refractivity contribution is 7.84. The van der Waals surface area contributed by atoms with Gasteiger partial charge in [0.1, 0.15) is 5.76 Å². The number of urea groups is 1. The second-order valence-corrected chi connectivity index (χ2v) is 6.65. The van der Waals surface area contributed by atoms with E-state index in [1.807, 2.05) is 13.8 Å². The largest absolute Gasteiger partial charge is 0.361 e. The van der Waals surface area contributed by atoms with Gasteiger partial charge in [0.2, 0.25) is 0 Å². The summed E-state index contributed by atoms with van der Waals surface area (Å²) in [6.45, 7) is 4.35. The van der Waals surface area contributed by atoms with Gasteiger partial charge < -0.3 is 15.2 Å². The number of anilines is 1. The molecule has 1 heterocycles. The summed E-state index contributed by atoms with van der Waals surface area (Å²) in [5.41, 5.74) is 2.63. The predicted molar refractivity (Wildman–Crippen MR) is 90.1 cm³/mol. The molecule has 0 bridgehead atoms. The van der Waals surface area contributed by atoms with Crippen LogP contribution in [0.15, 0.2) is 33.7 Å². The molecular weight excluding hydrogens is 314 g/mol. The van der Waals surface area contributed by atoms with Crippen LogP contribution in [-0.2, 0) is 17.2 Å². The molecule has 2 N–H and O–H groups in total. The van der Waals surface area contributed by atoms with Gasteiger partial charge in [-0.25, -0.2) is 4.79 Å². The van der Waals surface area contributed by atoms with E-state index in [2.05, 4.69) is 15.8 Å². The monoisotopic (exact) mass is 335 g/mol. The minimum atomic E-state index is -1.07. The molecule has 0 radical (unpaired) electrons. The highest BCUT2D eigenvalue weighted by Gasteiger charge is 2.08. The molecule has 2 rings (SSSR count). The van der Waals surface area contributed by atoms with Crippen molar-refractivity contribution in [1.29, 1.82) is 0 Å². The summed E-state index contributed by atoms with van der Waals surface area (Å²) >= 11 is 0. The van der Waals surface area contributed by atoms with Gasteiger partial charge in [-0.3, -0.25) is 4.21 Å². The van der Waals surface area contributed by atoms with Crippen LogP contribution in [-0.4, -0.2) is 28.2 Å². The molecule has 1 aromatic carbocycles. The van der Waals surface area contributed by atoms with Gasteiger partial charge in [0, 0.05) is 39.7 Å². The van der Waals surface area contributed by atoms with E-state index in [4.69, 9.17) is 4.52 Å². The highest BCUT2D eigenvalue weighted by Crippen LogP contribution is 2.14. The Morgan fingerprint density at radius 1 is 1.35 bits per heavy atom. The Morgan fingerprint density at radius 3 is 2.78 bits per heavy atom. The average Bonchev–Trinajstić information content (AvgIpc) is 2.83. The van der Waals surface area contributed by atoms with Crippen molar-refractivity contribution in [2.24, 2.45) is 0 Å². The van der Waals surface area contributed by atoms with Gasteiger partial charge in [0.25, 0.3) is 0 Å². The van der Waals surface area contributed by atoms with Crippen molar-refractivity contribution < 1.29 is 13.5 Å². The van der Waals surface area contributed by atoms with Crippen molar-refractivity contribution in [3.05, 3.63) is 41.3 Å². The van der Waals surface area contributed by atoms with E-state index in [9.17, 15) is 9.00 Å². The first-order valence-corrected chi connectivity index (χ1v) is 8.93. The number of carbonyl (C=O) groups excluding carboxylic acids is 1. The number of benzene rings is 1. The van der Waals surface area contributed by atoms with Crippen molar-refractivity contribution in [2.45, 2.75) is 31.6 Å². The maximum absolute atomic E-state index is 11.9. The number of hydrogen-bond donors (Lipinski definition) is 2. The quantitative estimate of drug-likeness (QED) is 0.795. The van der Waals surface area contributed by atoms with Crippen LogP contribution >= 0.6 is 0 Å². The van der Waals surface area contributed by atoms with Crippen molar-refractivity contribution >= 4 is 22.5 Å². The SMILES string of the molecule is Cc1noc(C)c1CCCNC(=O)Nc1cccc([S@](C)=O)c1. The Kier molecular flexibility index (Phi) is 5.92. The van der Waals surface area contributed by atoms with Crippen LogP contribution in [0.25, 0.3) is 0 Å². The number of hydrogen-bond acceptors (Lipinski definition) is 4. The third kappa shape index (κ3) is 4.92. The smallest absolute Gasteiger partial charge is 0.319 e. The van der Waals surface area contributed by atoms with Gasteiger partial charge in [-0.1, -0.05) is 11.2 Å². The number of carbonyl (C=O) groups is 1. The van der Waals surface area contributed by atoms with Gasteiger partial charge >= 0.3 is 6.03 Å². The number of aromatic nitrogens is 1. The maximum Gasteiger partial charge on any atom is 0.319 e. The molecule has 0 aliphatic heterocycles. The molecule has 2 aromatic rings. The molecule has 6 nitrogen and oxygen atoms in total. The fraction of sp³-hybridized carbons (Fsp3) is 0.375. The molecule has 2 amide bonds. The third-order valence-electron chi connectivity index (χ3n) is 3.49. The van der Waals surface area contributed by atoms with E-state index >= 15 is 0 Å². The molecule has 124 valence electrons. The van der Waals surface area contributed by atoms with E-state index in [1.54, 1.807) is 30.5 Å². The van der Waals surface area contributed by atoms with E-state index in [0.29, 0.717) is 17.1 Å². The zero-order valence-corrected chi connectivity index (χ0v) is 14.3. The van der Waals surface area contributed by atoms with Crippen molar-refractivity contribution in [3.63, 3.8) is 0 Å². The molecule has 0 aliphatic rings. The first-order valence-electron chi connectivity index (χ1n) is 7.37. The number of nitrogens with one attached hydrogen (secondary N) is 2. The molecule has 0 fully saturated rings. The van der Waals surface area contributed by atoms with Crippen molar-refractivity contribution in [1.82, 2.24) is 10.5 Å². The minimum Gasteiger partial charge on any atom is -0.361 e. The van der Waals surface area contributed by atoms with E-state index in [1.165, 1.54) is 0 Å². The topological polar surface area (TPSA) is 84.2 Å². The normalized spacial score (nSPS) is 12.0. The fourth-order valence-corrected chi connectivity index (χ4v) is 2.82. The Labute approximate surface area is 138 Å². The first kappa shape index (κ1) is 17.2. The van der Waals surface area contributed by atoms with Gasteiger partial charge in [-0.15, -0.1) is 0 Å². The molecule has 0 aliphatic carbocycles. The molecule has 0 saturated heterocycles. The van der Waals surface area contributed by atoms with Crippen LogP contribution in [0.3, 0.4) is 0 Å². The van der Waals surface area contributed by atoms with Crippen molar-refractivity contribution in [3.8, 4) is 0 Å². The summed E-state index contributed by atoms with van der Waals surface area (Å²) in [5.74, 6) is 0.830. The number of amides is 2. The summed E-state index contributed by atoms with van der Waals surface area (Å²) in [6.07, 6.45) is 3.22. The standard InChI is InChI=1S/C16H21N3O3S/c1-11-15(12(2)22-19-11)8-5-9-17-16(20)18-13-6-4-7-14(10-13)23(3)21/h4,6-7,10H,5,8-9H2,1-3H3,(H2,17,18,20)/t23-/m0/s1. The predicted octanol–water partition coefficient (Wildman–Crippen LogP) is 2.78. The van der Waals surface area contributed by atoms with Crippen LogP contribution in [0.1, 0.15) is 23.4 Å². The molecule has 0 unspecified atom stereocenters. The Morgan fingerprint density at radius 2 is 2.13 bits per heavy atom. The number of nitrogens with zero attached hydrogens (tertiary/aromatic N) is 1. The van der Waals surface area contributed by atoms with E-state index in [-0.39, 0.29) is 6.03 Å². The average molecular weight is 335 g/mol. The Balaban J connectivity index is 1.77. The number of rotatable bonds is 6. The van der Waals surface area contributed by atoms with E-state index in [0.717, 1.165) is 29.9 Å². The molecular formula is C16H21N3O3S. The summed E-state index contributed by atoms with van der Waals surface area (Å²) in [6, 6.07) is 6.73. The lowest BCUT2D eigenvalue weighted by Gasteiger charge is -2.08. The van der Waals surface area contributed by atoms with Crippen LogP contribution in [0.4, 0.5) is 10.5 Å². The van der Waals surface area contributed by atoms with E-state index < -0.39 is 10.8 Å². The molecule has 1 atom stereocenters. The van der Waals surface area contributed by atoms with Gasteiger partial charge in [-0.2, -0.15) is 0 Å². The molecule has 23 heavy (non-hydrogen) atoms. The molecule has 0 saturated carbocycles. The van der Waals surface area contributed by atoms with Gasteiger partial charge in [-0.05, 0) is 44.9 Å². The summed E-state index contributed by atoms with van der Waals surface area (Å²) < 4.78 is 16.5. The zero-order chi connectivity index (χ0) is 16.8. The van der Waals surface area contributed by atoms with Gasteiger partial charge in [0.15, 0.2) is 0 Å². The van der Waals surface area contributed by atoms with Crippen LogP contribution < -0.4 is 10.6 Å². The summed E-state index contributed by atoms with van der Waals surface area (Å²) in [4.78, 5) is 12.5. The number of aryl methyl sites for hydroxylation is 2. The zero-order valence-electron chi connectivity index (χ0n) is 13.5. The van der Waals surface area contributed by atoms with Crippen molar-refractivity contribution in [2.75, 3.05) is 18.1 Å². The van der Waals surface area contributed by atoms with Gasteiger partial charge in [0.05, 0.1) is 5.69 Å². The summed E-state index contributed by atoms with van der Waals surface area (Å²) in [7, 11) is -1.07. The first-order chi connectivity index (χ1) is 11.0. The lowest BCUT2D eigenvalue weighted by Crippen LogP contribution is -2.29. The second kappa shape index (κ2) is 7.92. The molecule has 1 aromatic heterocycles. The fourth-order valence-electron chi connectivity index (χ4n) is 2.25. The minimum absolute atomic E-state index is 0.275. The molecule has 7 heteroatoms. The summed E-state index contributed by atoms with van der Waals surface area (Å²) in [5, 5.41) is 9.45. The maximum atomic E-state index is 11.9. The van der Waals surface area contributed by atoms with Crippen LogP contribution in [0.5, 0.6) is 0 Å². The lowest BCUT2D eigenvalue weighted by atomic mass is 10.1. The lowest BCUT2D eigenvalue weighted by molar-refractivity contribution is 0.252. The van der Waals surface area contributed by atoms with Crippen LogP contribution in [0.2, 0.25) is 0 Å². The highest BCUT2D eigenvalue weighted by atomic mass is 32.2. The third-order valence-corrected chi connectivity index (χ3v) is 4.41. The Hall–Kier alpha value is -2.15. The molecule has 0 spiro atoms. The Bertz CT molecular complexity index is 693. The second-order valence-electron chi connectivity index (χ2n) is 5.27. The van der Waals surface area contributed by atoms with Crippen LogP contribution in [0, 0.1) is 13.8 Å².